The first-order valence-electron chi connectivity index (χ1n) is 7.93. The topological polar surface area (TPSA) is 87.0 Å². The lowest BCUT2D eigenvalue weighted by atomic mass is 9.92. The Hall–Kier alpha value is -2.15. The molecule has 0 saturated carbocycles. The summed E-state index contributed by atoms with van der Waals surface area (Å²) in [7, 11) is 1.87. The molecule has 124 valence electrons. The van der Waals surface area contributed by atoms with E-state index in [-0.39, 0.29) is 30.3 Å². The van der Waals surface area contributed by atoms with Gasteiger partial charge in [-0.25, -0.2) is 0 Å². The van der Waals surface area contributed by atoms with Gasteiger partial charge in [0.05, 0.1) is 23.7 Å². The number of aromatic amines is 1. The highest BCUT2D eigenvalue weighted by atomic mass is 16.3. The number of hydrogen-bond acceptors (Lipinski definition) is 4. The van der Waals surface area contributed by atoms with Crippen molar-refractivity contribution in [2.75, 3.05) is 19.7 Å². The molecule has 0 radical (unpaired) electrons. The van der Waals surface area contributed by atoms with Gasteiger partial charge in [0, 0.05) is 44.8 Å². The third-order valence-corrected chi connectivity index (χ3v) is 4.59. The molecule has 0 bridgehead atoms. The van der Waals surface area contributed by atoms with Crippen LogP contribution in [0, 0.1) is 5.92 Å². The Morgan fingerprint density at radius 1 is 1.43 bits per heavy atom. The number of aliphatic hydroxyl groups is 1. The molecule has 1 aliphatic heterocycles. The molecule has 7 nitrogen and oxygen atoms in total. The fourth-order valence-corrected chi connectivity index (χ4v) is 3.31. The molecule has 2 atom stereocenters. The van der Waals surface area contributed by atoms with E-state index in [0.29, 0.717) is 18.7 Å². The van der Waals surface area contributed by atoms with Gasteiger partial charge < -0.3 is 10.0 Å². The molecule has 1 aliphatic rings. The van der Waals surface area contributed by atoms with Crippen molar-refractivity contribution < 1.29 is 9.90 Å². The van der Waals surface area contributed by atoms with Crippen LogP contribution in [0.2, 0.25) is 0 Å². The Morgan fingerprint density at radius 2 is 2.22 bits per heavy atom. The van der Waals surface area contributed by atoms with E-state index in [9.17, 15) is 9.90 Å². The van der Waals surface area contributed by atoms with Crippen molar-refractivity contribution in [2.45, 2.75) is 25.7 Å². The monoisotopic (exact) mass is 317 g/mol. The summed E-state index contributed by atoms with van der Waals surface area (Å²) in [5, 5.41) is 20.8. The van der Waals surface area contributed by atoms with Crippen LogP contribution in [0.3, 0.4) is 0 Å². The Bertz CT molecular complexity index is 690. The van der Waals surface area contributed by atoms with E-state index in [1.165, 1.54) is 0 Å². The maximum Gasteiger partial charge on any atom is 0.257 e. The molecule has 0 spiro atoms. The Morgan fingerprint density at radius 3 is 2.83 bits per heavy atom. The van der Waals surface area contributed by atoms with Crippen LogP contribution in [0.1, 0.15) is 47.3 Å². The number of H-pyrrole nitrogens is 1. The fraction of sp³-hybridized carbons (Fsp3) is 0.562. The van der Waals surface area contributed by atoms with Gasteiger partial charge in [-0.1, -0.05) is 13.8 Å². The summed E-state index contributed by atoms with van der Waals surface area (Å²) in [5.74, 6) is 0.346. The second-order valence-electron chi connectivity index (χ2n) is 6.56. The lowest BCUT2D eigenvalue weighted by Gasteiger charge is -2.17. The lowest BCUT2D eigenvalue weighted by Crippen LogP contribution is -2.29. The third-order valence-electron chi connectivity index (χ3n) is 4.59. The smallest absolute Gasteiger partial charge is 0.257 e. The Kier molecular flexibility index (Phi) is 4.21. The molecule has 7 heteroatoms. The zero-order valence-corrected chi connectivity index (χ0v) is 13.7. The van der Waals surface area contributed by atoms with Gasteiger partial charge in [-0.05, 0) is 11.5 Å². The van der Waals surface area contributed by atoms with E-state index in [2.05, 4.69) is 15.3 Å². The summed E-state index contributed by atoms with van der Waals surface area (Å²) in [6.45, 7) is 5.27. The zero-order valence-electron chi connectivity index (χ0n) is 13.7. The SMILES string of the molecule is CC(C)c1[nH]ncc1C(=O)N1C[C@@H](CO)[C@H](c2cnn(C)c2)C1. The van der Waals surface area contributed by atoms with E-state index in [0.717, 1.165) is 11.3 Å². The molecule has 2 N–H and O–H groups in total. The van der Waals surface area contributed by atoms with Crippen molar-refractivity contribution in [3.8, 4) is 0 Å². The van der Waals surface area contributed by atoms with Gasteiger partial charge >= 0.3 is 0 Å². The molecule has 2 aromatic heterocycles. The van der Waals surface area contributed by atoms with E-state index in [4.69, 9.17) is 0 Å². The summed E-state index contributed by atoms with van der Waals surface area (Å²) in [4.78, 5) is 14.7. The summed E-state index contributed by atoms with van der Waals surface area (Å²) in [6.07, 6.45) is 5.38. The minimum absolute atomic E-state index is 0.0210. The molecule has 1 saturated heterocycles. The first kappa shape index (κ1) is 15.7. The van der Waals surface area contributed by atoms with Crippen LogP contribution in [0.5, 0.6) is 0 Å². The van der Waals surface area contributed by atoms with Crippen LogP contribution in [0.15, 0.2) is 18.6 Å². The van der Waals surface area contributed by atoms with E-state index in [1.54, 1.807) is 10.9 Å². The van der Waals surface area contributed by atoms with Crippen molar-refractivity contribution in [2.24, 2.45) is 13.0 Å². The number of carbonyl (C=O) groups is 1. The first-order valence-corrected chi connectivity index (χ1v) is 7.93. The van der Waals surface area contributed by atoms with Gasteiger partial charge in [-0.2, -0.15) is 10.2 Å². The predicted octanol–water partition coefficient (Wildman–Crippen LogP) is 1.11. The lowest BCUT2D eigenvalue weighted by molar-refractivity contribution is 0.0780. The van der Waals surface area contributed by atoms with E-state index in [1.807, 2.05) is 38.2 Å². The van der Waals surface area contributed by atoms with Crippen molar-refractivity contribution in [1.82, 2.24) is 24.9 Å². The summed E-state index contributed by atoms with van der Waals surface area (Å²) < 4.78 is 1.75. The molecule has 3 rings (SSSR count). The van der Waals surface area contributed by atoms with Crippen molar-refractivity contribution in [3.05, 3.63) is 35.4 Å². The molecular weight excluding hydrogens is 294 g/mol. The highest BCUT2D eigenvalue weighted by Gasteiger charge is 2.37. The number of amides is 1. The van der Waals surface area contributed by atoms with Crippen molar-refractivity contribution >= 4 is 5.91 Å². The predicted molar refractivity (Wildman–Crippen MR) is 85.1 cm³/mol. The largest absolute Gasteiger partial charge is 0.396 e. The Balaban J connectivity index is 1.81. The molecule has 23 heavy (non-hydrogen) atoms. The normalized spacial score (nSPS) is 21.3. The molecule has 0 unspecified atom stereocenters. The number of hydrogen-bond donors (Lipinski definition) is 2. The second-order valence-corrected chi connectivity index (χ2v) is 6.56. The minimum Gasteiger partial charge on any atom is -0.396 e. The number of aryl methyl sites for hydroxylation is 1. The van der Waals surface area contributed by atoms with Crippen LogP contribution < -0.4 is 0 Å². The standard InChI is InChI=1S/C16H23N5O2/c1-10(2)15-13(5-17-19-15)16(23)21-7-12(9-22)14(8-21)11-4-18-20(3)6-11/h4-6,10,12,14,22H,7-9H2,1-3H3,(H,17,19)/t12-,14-/m0/s1. The summed E-state index contributed by atoms with van der Waals surface area (Å²) in [6, 6.07) is 0. The van der Waals surface area contributed by atoms with Gasteiger partial charge in [-0.3, -0.25) is 14.6 Å². The highest BCUT2D eigenvalue weighted by molar-refractivity contribution is 5.95. The van der Waals surface area contributed by atoms with Gasteiger partial charge in [0.1, 0.15) is 0 Å². The quantitative estimate of drug-likeness (QED) is 0.884. The molecule has 1 fully saturated rings. The fourth-order valence-electron chi connectivity index (χ4n) is 3.31. The molecular formula is C16H23N5O2. The maximum atomic E-state index is 12.8. The average molecular weight is 317 g/mol. The van der Waals surface area contributed by atoms with E-state index >= 15 is 0 Å². The molecule has 3 heterocycles. The number of carbonyl (C=O) groups excluding carboxylic acids is 1. The van der Waals surface area contributed by atoms with Crippen molar-refractivity contribution in [3.63, 3.8) is 0 Å². The third kappa shape index (κ3) is 2.88. The molecule has 1 amide bonds. The van der Waals surface area contributed by atoms with E-state index < -0.39 is 0 Å². The number of rotatable bonds is 4. The molecule has 0 aromatic carbocycles. The number of likely N-dealkylation sites (tertiary alicyclic amines) is 1. The van der Waals surface area contributed by atoms with Gasteiger partial charge in [0.15, 0.2) is 0 Å². The summed E-state index contributed by atoms with van der Waals surface area (Å²) in [5.41, 5.74) is 2.56. The minimum atomic E-state index is -0.0210. The van der Waals surface area contributed by atoms with Crippen LogP contribution in [-0.4, -0.2) is 55.6 Å². The van der Waals surface area contributed by atoms with Crippen LogP contribution in [-0.2, 0) is 7.05 Å². The number of nitrogens with one attached hydrogen (secondary N) is 1. The van der Waals surface area contributed by atoms with Gasteiger partial charge in [0.25, 0.3) is 5.91 Å². The number of aromatic nitrogens is 4. The van der Waals surface area contributed by atoms with Gasteiger partial charge in [0.2, 0.25) is 0 Å². The van der Waals surface area contributed by atoms with Gasteiger partial charge in [-0.15, -0.1) is 0 Å². The van der Waals surface area contributed by atoms with Crippen molar-refractivity contribution in [1.29, 1.82) is 0 Å². The summed E-state index contributed by atoms with van der Waals surface area (Å²) >= 11 is 0. The first-order chi connectivity index (χ1) is 11.0. The number of nitrogens with zero attached hydrogens (tertiary/aromatic N) is 4. The molecule has 0 aliphatic carbocycles. The second kappa shape index (κ2) is 6.16. The number of aliphatic hydroxyl groups excluding tert-OH is 1. The molecule has 2 aromatic rings. The Labute approximate surface area is 135 Å². The van der Waals surface area contributed by atoms with Crippen LogP contribution in [0.4, 0.5) is 0 Å². The average Bonchev–Trinajstić information content (AvgIpc) is 3.24. The highest BCUT2D eigenvalue weighted by Crippen LogP contribution is 2.33. The maximum absolute atomic E-state index is 12.8. The zero-order chi connectivity index (χ0) is 16.6. The van der Waals surface area contributed by atoms with Crippen LogP contribution in [0.25, 0.3) is 0 Å². The van der Waals surface area contributed by atoms with Crippen LogP contribution >= 0.6 is 0 Å².